The second kappa shape index (κ2) is 6.16. The molecule has 1 aromatic rings. The molecule has 1 saturated heterocycles. The first-order valence-electron chi connectivity index (χ1n) is 7.89. The van der Waals surface area contributed by atoms with Crippen molar-refractivity contribution in [2.24, 2.45) is 11.3 Å². The summed E-state index contributed by atoms with van der Waals surface area (Å²) in [6.07, 6.45) is 3.91. The number of benzene rings is 1. The highest BCUT2D eigenvalue weighted by molar-refractivity contribution is 5.83. The van der Waals surface area contributed by atoms with E-state index in [2.05, 4.69) is 10.6 Å². The van der Waals surface area contributed by atoms with Gasteiger partial charge in [-0.25, -0.2) is 0 Å². The van der Waals surface area contributed by atoms with Crippen LogP contribution in [0.15, 0.2) is 30.3 Å². The van der Waals surface area contributed by atoms with Crippen LogP contribution in [0.4, 0.5) is 0 Å². The second-order valence-corrected chi connectivity index (χ2v) is 6.45. The average molecular weight is 288 g/mol. The summed E-state index contributed by atoms with van der Waals surface area (Å²) < 4.78 is 0. The first-order valence-corrected chi connectivity index (χ1v) is 7.89. The Labute approximate surface area is 125 Å². The van der Waals surface area contributed by atoms with E-state index in [1.165, 1.54) is 0 Å². The molecular formula is C17H24N2O2. The van der Waals surface area contributed by atoms with Gasteiger partial charge in [-0.05, 0) is 49.8 Å². The van der Waals surface area contributed by atoms with E-state index >= 15 is 0 Å². The third-order valence-corrected chi connectivity index (χ3v) is 5.00. The number of piperidine rings is 1. The first kappa shape index (κ1) is 14.5. The van der Waals surface area contributed by atoms with Crippen molar-refractivity contribution in [1.82, 2.24) is 10.6 Å². The molecule has 0 aromatic heterocycles. The van der Waals surface area contributed by atoms with Crippen molar-refractivity contribution in [2.75, 3.05) is 19.7 Å². The third kappa shape index (κ3) is 3.27. The molecule has 1 unspecified atom stereocenters. The molecule has 3 rings (SSSR count). The average Bonchev–Trinajstić information content (AvgIpc) is 3.21. The van der Waals surface area contributed by atoms with Crippen LogP contribution in [-0.2, 0) is 11.2 Å². The molecule has 114 valence electrons. The van der Waals surface area contributed by atoms with E-state index < -0.39 is 0 Å². The van der Waals surface area contributed by atoms with Crippen LogP contribution in [0.5, 0.6) is 0 Å². The Bertz CT molecular complexity index is 483. The van der Waals surface area contributed by atoms with Crippen molar-refractivity contribution >= 4 is 5.91 Å². The number of aliphatic hydroxyl groups excluding tert-OH is 1. The summed E-state index contributed by atoms with van der Waals surface area (Å²) in [5.41, 5.74) is 1.39. The first-order chi connectivity index (χ1) is 10.2. The number of hydrogen-bond donors (Lipinski definition) is 3. The van der Waals surface area contributed by atoms with Gasteiger partial charge in [0.1, 0.15) is 0 Å². The molecule has 3 N–H and O–H groups in total. The van der Waals surface area contributed by atoms with Crippen LogP contribution in [-0.4, -0.2) is 36.8 Å². The van der Waals surface area contributed by atoms with E-state index in [0.717, 1.165) is 37.9 Å². The summed E-state index contributed by atoms with van der Waals surface area (Å²) in [6, 6.07) is 9.81. The standard InChI is InChI=1S/C17H24N2O2/c20-12-14(10-13-4-2-1-3-5-13)19-16(21)15-11-17(15)6-8-18-9-7-17/h1-5,14-15,18,20H,6-12H2,(H,19,21)/t14-,15?/m0/s1. The Morgan fingerprint density at radius 1 is 1.33 bits per heavy atom. The fraction of sp³-hybridized carbons (Fsp3) is 0.588. The van der Waals surface area contributed by atoms with Crippen molar-refractivity contribution < 1.29 is 9.90 Å². The number of amides is 1. The van der Waals surface area contributed by atoms with Crippen molar-refractivity contribution in [1.29, 1.82) is 0 Å². The predicted octanol–water partition coefficient (Wildman–Crippen LogP) is 1.10. The second-order valence-electron chi connectivity index (χ2n) is 6.45. The van der Waals surface area contributed by atoms with Gasteiger partial charge in [0.05, 0.1) is 12.6 Å². The maximum absolute atomic E-state index is 12.4. The van der Waals surface area contributed by atoms with Crippen molar-refractivity contribution in [3.8, 4) is 0 Å². The number of rotatable bonds is 5. The van der Waals surface area contributed by atoms with E-state index in [1.807, 2.05) is 30.3 Å². The van der Waals surface area contributed by atoms with Gasteiger partial charge in [-0.3, -0.25) is 4.79 Å². The fourth-order valence-corrected chi connectivity index (χ4v) is 3.56. The monoisotopic (exact) mass is 288 g/mol. The zero-order chi connectivity index (χ0) is 14.7. The van der Waals surface area contributed by atoms with Crippen molar-refractivity contribution in [3.05, 3.63) is 35.9 Å². The molecule has 1 aliphatic heterocycles. The maximum Gasteiger partial charge on any atom is 0.224 e. The van der Waals surface area contributed by atoms with Crippen LogP contribution in [0.25, 0.3) is 0 Å². The highest BCUT2D eigenvalue weighted by Gasteiger charge is 2.57. The summed E-state index contributed by atoms with van der Waals surface area (Å²) >= 11 is 0. The summed E-state index contributed by atoms with van der Waals surface area (Å²) in [5, 5.41) is 15.9. The molecule has 4 heteroatoms. The lowest BCUT2D eigenvalue weighted by Crippen LogP contribution is -2.41. The summed E-state index contributed by atoms with van der Waals surface area (Å²) in [4.78, 5) is 12.4. The lowest BCUT2D eigenvalue weighted by atomic mass is 9.91. The molecule has 2 aliphatic rings. The summed E-state index contributed by atoms with van der Waals surface area (Å²) in [5.74, 6) is 0.288. The van der Waals surface area contributed by atoms with Gasteiger partial charge >= 0.3 is 0 Å². The molecule has 2 fully saturated rings. The lowest BCUT2D eigenvalue weighted by molar-refractivity contribution is -0.124. The minimum Gasteiger partial charge on any atom is -0.394 e. The van der Waals surface area contributed by atoms with E-state index in [1.54, 1.807) is 0 Å². The van der Waals surface area contributed by atoms with Crippen molar-refractivity contribution in [3.63, 3.8) is 0 Å². The SMILES string of the molecule is O=C(N[C@H](CO)Cc1ccccc1)C1CC12CCNCC2. The van der Waals surface area contributed by atoms with Crippen LogP contribution in [0.3, 0.4) is 0 Å². The van der Waals surface area contributed by atoms with Crippen LogP contribution >= 0.6 is 0 Å². The van der Waals surface area contributed by atoms with Crippen LogP contribution in [0.2, 0.25) is 0 Å². The van der Waals surface area contributed by atoms with Gasteiger partial charge in [-0.15, -0.1) is 0 Å². The molecule has 0 radical (unpaired) electrons. The largest absolute Gasteiger partial charge is 0.394 e. The Hall–Kier alpha value is -1.39. The van der Waals surface area contributed by atoms with Gasteiger partial charge in [0, 0.05) is 5.92 Å². The van der Waals surface area contributed by atoms with Gasteiger partial charge in [0.15, 0.2) is 0 Å². The number of hydrogen-bond acceptors (Lipinski definition) is 3. The molecule has 21 heavy (non-hydrogen) atoms. The van der Waals surface area contributed by atoms with E-state index in [0.29, 0.717) is 6.42 Å². The summed E-state index contributed by atoms with van der Waals surface area (Å²) in [7, 11) is 0. The van der Waals surface area contributed by atoms with E-state index in [4.69, 9.17) is 0 Å². The Morgan fingerprint density at radius 3 is 2.71 bits per heavy atom. The van der Waals surface area contributed by atoms with Gasteiger partial charge in [-0.2, -0.15) is 0 Å². The quantitative estimate of drug-likeness (QED) is 0.760. The van der Waals surface area contributed by atoms with Gasteiger partial charge in [0.25, 0.3) is 0 Å². The smallest absolute Gasteiger partial charge is 0.224 e. The Morgan fingerprint density at radius 2 is 2.05 bits per heavy atom. The minimum atomic E-state index is -0.181. The lowest BCUT2D eigenvalue weighted by Gasteiger charge is -2.24. The van der Waals surface area contributed by atoms with Crippen LogP contribution < -0.4 is 10.6 Å². The molecule has 1 heterocycles. The molecule has 1 aliphatic carbocycles. The normalized spacial score (nSPS) is 24.5. The van der Waals surface area contributed by atoms with Crippen LogP contribution in [0, 0.1) is 11.3 Å². The molecule has 2 atom stereocenters. The zero-order valence-electron chi connectivity index (χ0n) is 12.3. The number of nitrogens with one attached hydrogen (secondary N) is 2. The molecule has 0 bridgehead atoms. The van der Waals surface area contributed by atoms with E-state index in [9.17, 15) is 9.90 Å². The predicted molar refractivity (Wildman–Crippen MR) is 81.8 cm³/mol. The number of carbonyl (C=O) groups is 1. The topological polar surface area (TPSA) is 61.4 Å². The molecule has 1 spiro atoms. The van der Waals surface area contributed by atoms with Crippen molar-refractivity contribution in [2.45, 2.75) is 31.7 Å². The Kier molecular flexibility index (Phi) is 4.27. The minimum absolute atomic E-state index is 0.0120. The third-order valence-electron chi connectivity index (χ3n) is 5.00. The highest BCUT2D eigenvalue weighted by atomic mass is 16.3. The van der Waals surface area contributed by atoms with E-state index in [-0.39, 0.29) is 29.9 Å². The highest BCUT2D eigenvalue weighted by Crippen LogP contribution is 2.58. The zero-order valence-corrected chi connectivity index (χ0v) is 12.3. The maximum atomic E-state index is 12.4. The summed E-state index contributed by atoms with van der Waals surface area (Å²) in [6.45, 7) is 2.04. The molecule has 1 saturated carbocycles. The fourth-order valence-electron chi connectivity index (χ4n) is 3.56. The molecule has 1 aromatic carbocycles. The Balaban J connectivity index is 1.54. The molecule has 4 nitrogen and oxygen atoms in total. The van der Waals surface area contributed by atoms with Gasteiger partial charge < -0.3 is 15.7 Å². The van der Waals surface area contributed by atoms with Gasteiger partial charge in [-0.1, -0.05) is 30.3 Å². The van der Waals surface area contributed by atoms with Crippen LogP contribution in [0.1, 0.15) is 24.8 Å². The van der Waals surface area contributed by atoms with Gasteiger partial charge in [0.2, 0.25) is 5.91 Å². The molecular weight excluding hydrogens is 264 g/mol. The molecule has 1 amide bonds. The number of carbonyl (C=O) groups excluding carboxylic acids is 1. The number of aliphatic hydroxyl groups is 1.